The van der Waals surface area contributed by atoms with Crippen LogP contribution in [0.5, 0.6) is 0 Å². The van der Waals surface area contributed by atoms with Crippen molar-refractivity contribution in [3.63, 3.8) is 0 Å². The van der Waals surface area contributed by atoms with Gasteiger partial charge in [0.15, 0.2) is 18.5 Å². The van der Waals surface area contributed by atoms with E-state index in [1.807, 2.05) is 0 Å². The molecule has 0 N–H and O–H groups in total. The number of nitrogens with zero attached hydrogens (tertiary/aromatic N) is 1. The Balaban J connectivity index is 2.62. The van der Waals surface area contributed by atoms with E-state index in [0.29, 0.717) is 17.9 Å². The predicted molar refractivity (Wildman–Crippen MR) is 61.3 cm³/mol. The molecule has 0 aromatic rings. The van der Waals surface area contributed by atoms with Gasteiger partial charge in [-0.25, -0.2) is 4.58 Å². The number of rotatable bonds is 6. The van der Waals surface area contributed by atoms with Gasteiger partial charge in [0.1, 0.15) is 6.61 Å². The molecule has 86 valence electrons. The molecule has 0 aromatic heterocycles. The first-order valence-electron chi connectivity index (χ1n) is 5.47. The summed E-state index contributed by atoms with van der Waals surface area (Å²) >= 11 is 0. The fourth-order valence-corrected chi connectivity index (χ4v) is 1.84. The molecule has 0 bridgehead atoms. The van der Waals surface area contributed by atoms with Crippen molar-refractivity contribution >= 4 is 6.21 Å². The van der Waals surface area contributed by atoms with Gasteiger partial charge in [0.05, 0.1) is 12.5 Å². The van der Waals surface area contributed by atoms with E-state index in [1.54, 1.807) is 14.2 Å². The smallest absolute Gasteiger partial charge is 0.183 e. The SMILES string of the molecule is COC[C@H]1C=C[N+]([C@H](COC)C(C)C)=C1. The summed E-state index contributed by atoms with van der Waals surface area (Å²) in [7, 11) is 3.49. The van der Waals surface area contributed by atoms with Crippen LogP contribution in [0.3, 0.4) is 0 Å². The molecule has 0 saturated heterocycles. The van der Waals surface area contributed by atoms with Crippen LogP contribution in [0.15, 0.2) is 12.3 Å². The minimum absolute atomic E-state index is 0.410. The maximum atomic E-state index is 5.25. The summed E-state index contributed by atoms with van der Waals surface area (Å²) in [6, 6.07) is 0.424. The Morgan fingerprint density at radius 3 is 2.53 bits per heavy atom. The van der Waals surface area contributed by atoms with Gasteiger partial charge in [-0.05, 0) is 6.08 Å². The first kappa shape index (κ1) is 12.4. The molecule has 1 rings (SSSR count). The minimum atomic E-state index is 0.410. The maximum absolute atomic E-state index is 5.25. The molecule has 0 aromatic carbocycles. The highest BCUT2D eigenvalue weighted by Gasteiger charge is 2.27. The number of hydrogen-bond donors (Lipinski definition) is 0. The summed E-state index contributed by atoms with van der Waals surface area (Å²) < 4.78 is 12.6. The molecule has 0 unspecified atom stereocenters. The van der Waals surface area contributed by atoms with Crippen LogP contribution in [0.25, 0.3) is 0 Å². The lowest BCUT2D eigenvalue weighted by molar-refractivity contribution is -0.507. The third kappa shape index (κ3) is 3.43. The van der Waals surface area contributed by atoms with Gasteiger partial charge in [0, 0.05) is 20.1 Å². The van der Waals surface area contributed by atoms with Crippen LogP contribution < -0.4 is 0 Å². The van der Waals surface area contributed by atoms with Gasteiger partial charge in [-0.2, -0.15) is 0 Å². The Bertz CT molecular complexity index is 246. The van der Waals surface area contributed by atoms with Crippen molar-refractivity contribution in [2.45, 2.75) is 19.9 Å². The molecular weight excluding hydrogens is 190 g/mol. The second kappa shape index (κ2) is 6.03. The zero-order valence-corrected chi connectivity index (χ0v) is 10.1. The third-order valence-corrected chi connectivity index (χ3v) is 2.72. The average Bonchev–Trinajstić information content (AvgIpc) is 2.62. The van der Waals surface area contributed by atoms with Crippen molar-refractivity contribution in [1.82, 2.24) is 0 Å². The summed E-state index contributed by atoms with van der Waals surface area (Å²) in [4.78, 5) is 0. The lowest BCUT2D eigenvalue weighted by Gasteiger charge is -2.14. The van der Waals surface area contributed by atoms with Crippen LogP contribution in [0.2, 0.25) is 0 Å². The van der Waals surface area contributed by atoms with Crippen molar-refractivity contribution in [2.75, 3.05) is 27.4 Å². The standard InChI is InChI=1S/C12H22NO2/c1-10(2)12(9-15-4)13-6-5-11(7-13)8-14-3/h5-7,10-12H,8-9H2,1-4H3/q+1/t11-,12+/m0/s1. The van der Waals surface area contributed by atoms with Gasteiger partial charge >= 0.3 is 0 Å². The van der Waals surface area contributed by atoms with Gasteiger partial charge in [0.25, 0.3) is 0 Å². The van der Waals surface area contributed by atoms with Gasteiger partial charge in [0.2, 0.25) is 0 Å². The van der Waals surface area contributed by atoms with Crippen molar-refractivity contribution < 1.29 is 14.0 Å². The molecule has 0 saturated carbocycles. The van der Waals surface area contributed by atoms with Gasteiger partial charge in [-0.1, -0.05) is 13.8 Å². The first-order valence-corrected chi connectivity index (χ1v) is 5.47. The molecule has 15 heavy (non-hydrogen) atoms. The molecule has 1 aliphatic rings. The van der Waals surface area contributed by atoms with E-state index in [4.69, 9.17) is 9.47 Å². The fraction of sp³-hybridized carbons (Fsp3) is 0.750. The van der Waals surface area contributed by atoms with E-state index in [0.717, 1.165) is 13.2 Å². The second-order valence-corrected chi connectivity index (χ2v) is 4.32. The zero-order chi connectivity index (χ0) is 11.3. The van der Waals surface area contributed by atoms with Gasteiger partial charge in [-0.15, -0.1) is 0 Å². The van der Waals surface area contributed by atoms with Crippen LogP contribution in [-0.2, 0) is 9.47 Å². The van der Waals surface area contributed by atoms with E-state index in [9.17, 15) is 0 Å². The quantitative estimate of drug-likeness (QED) is 0.623. The van der Waals surface area contributed by atoms with Crippen LogP contribution in [0.4, 0.5) is 0 Å². The Kier molecular flexibility index (Phi) is 4.99. The molecule has 0 aliphatic carbocycles. The zero-order valence-electron chi connectivity index (χ0n) is 10.1. The van der Waals surface area contributed by atoms with E-state index in [-0.39, 0.29) is 0 Å². The first-order chi connectivity index (χ1) is 7.19. The molecule has 2 atom stereocenters. The lowest BCUT2D eigenvalue weighted by Crippen LogP contribution is -2.32. The molecule has 3 nitrogen and oxygen atoms in total. The van der Waals surface area contributed by atoms with E-state index < -0.39 is 0 Å². The Labute approximate surface area is 92.4 Å². The van der Waals surface area contributed by atoms with Crippen LogP contribution in [0, 0.1) is 11.8 Å². The van der Waals surface area contributed by atoms with Crippen molar-refractivity contribution in [1.29, 1.82) is 0 Å². The molecule has 1 heterocycles. The van der Waals surface area contributed by atoms with Crippen molar-refractivity contribution in [2.24, 2.45) is 11.8 Å². The summed E-state index contributed by atoms with van der Waals surface area (Å²) in [5.74, 6) is 0.986. The average molecular weight is 212 g/mol. The van der Waals surface area contributed by atoms with E-state index in [2.05, 4.69) is 36.9 Å². The number of methoxy groups -OCH3 is 2. The highest BCUT2D eigenvalue weighted by molar-refractivity contribution is 5.60. The Morgan fingerprint density at radius 1 is 1.27 bits per heavy atom. The summed E-state index contributed by atoms with van der Waals surface area (Å²) in [6.45, 7) is 5.95. The monoisotopic (exact) mass is 212 g/mol. The highest BCUT2D eigenvalue weighted by atomic mass is 16.5. The molecule has 1 aliphatic heterocycles. The number of ether oxygens (including phenoxy) is 2. The molecule has 0 spiro atoms. The summed E-state index contributed by atoms with van der Waals surface area (Å²) in [5.41, 5.74) is 0. The van der Waals surface area contributed by atoms with Crippen molar-refractivity contribution in [3.05, 3.63) is 12.3 Å². The van der Waals surface area contributed by atoms with Crippen LogP contribution >= 0.6 is 0 Å². The van der Waals surface area contributed by atoms with Gasteiger partial charge in [-0.3, -0.25) is 0 Å². The minimum Gasteiger partial charge on any atom is -0.384 e. The topological polar surface area (TPSA) is 21.5 Å². The Hall–Kier alpha value is -0.670. The molecule has 3 heteroatoms. The van der Waals surface area contributed by atoms with E-state index >= 15 is 0 Å². The maximum Gasteiger partial charge on any atom is 0.183 e. The van der Waals surface area contributed by atoms with Crippen LogP contribution in [0.1, 0.15) is 13.8 Å². The molecule has 0 fully saturated rings. The normalized spacial score (nSPS) is 22.2. The third-order valence-electron chi connectivity index (χ3n) is 2.72. The summed E-state index contributed by atoms with van der Waals surface area (Å²) in [6.07, 6.45) is 6.52. The Morgan fingerprint density at radius 2 is 2.00 bits per heavy atom. The molecular formula is C12H22NO2+. The van der Waals surface area contributed by atoms with Crippen LogP contribution in [-0.4, -0.2) is 44.3 Å². The van der Waals surface area contributed by atoms with Gasteiger partial charge < -0.3 is 9.47 Å². The van der Waals surface area contributed by atoms with Crippen molar-refractivity contribution in [3.8, 4) is 0 Å². The molecule has 0 amide bonds. The largest absolute Gasteiger partial charge is 0.384 e. The second-order valence-electron chi connectivity index (χ2n) is 4.32. The number of hydrogen-bond acceptors (Lipinski definition) is 2. The van der Waals surface area contributed by atoms with E-state index in [1.165, 1.54) is 0 Å². The lowest BCUT2D eigenvalue weighted by atomic mass is 10.1. The fourth-order valence-electron chi connectivity index (χ4n) is 1.84. The predicted octanol–water partition coefficient (Wildman–Crippen LogP) is 1.53. The summed E-state index contributed by atoms with van der Waals surface area (Å²) in [5, 5.41) is 0. The highest BCUT2D eigenvalue weighted by Crippen LogP contribution is 2.13. The molecule has 0 radical (unpaired) electrons.